The molecule has 18 heavy (non-hydrogen) atoms. The Hall–Kier alpha value is -1.65. The van der Waals surface area contributed by atoms with Crippen LogP contribution in [-0.2, 0) is 4.74 Å². The lowest BCUT2D eigenvalue weighted by atomic mass is 9.89. The topological polar surface area (TPSA) is 64.1 Å². The fourth-order valence-electron chi connectivity index (χ4n) is 2.27. The number of hydrogen-bond donors (Lipinski definition) is 1. The largest absolute Gasteiger partial charge is 0.464 e. The van der Waals surface area contributed by atoms with Crippen LogP contribution in [0.1, 0.15) is 42.6 Å². The third-order valence-corrected chi connectivity index (χ3v) is 3.34. The summed E-state index contributed by atoms with van der Waals surface area (Å²) in [5, 5.41) is 3.27. The molecule has 1 aromatic rings. The highest BCUT2D eigenvalue weighted by Crippen LogP contribution is 2.23. The first kappa shape index (κ1) is 12.8. The maximum absolute atomic E-state index is 11.2. The Morgan fingerprint density at radius 3 is 2.72 bits per heavy atom. The van der Waals surface area contributed by atoms with Crippen molar-refractivity contribution in [2.75, 3.05) is 19.0 Å². The summed E-state index contributed by atoms with van der Waals surface area (Å²) < 4.78 is 4.57. The van der Waals surface area contributed by atoms with Gasteiger partial charge in [0.1, 0.15) is 5.82 Å². The number of methoxy groups -OCH3 is 1. The third kappa shape index (κ3) is 3.42. The highest BCUT2D eigenvalue weighted by Gasteiger charge is 2.13. The van der Waals surface area contributed by atoms with Crippen molar-refractivity contribution >= 4 is 11.8 Å². The monoisotopic (exact) mass is 249 g/mol. The number of rotatable bonds is 4. The van der Waals surface area contributed by atoms with Crippen molar-refractivity contribution in [1.82, 2.24) is 9.97 Å². The second-order valence-corrected chi connectivity index (χ2v) is 4.66. The Kier molecular flexibility index (Phi) is 4.50. The van der Waals surface area contributed by atoms with E-state index in [-0.39, 0.29) is 5.69 Å². The number of nitrogens with one attached hydrogen (secondary N) is 1. The van der Waals surface area contributed by atoms with Gasteiger partial charge in [0, 0.05) is 6.54 Å². The number of esters is 1. The van der Waals surface area contributed by atoms with Crippen molar-refractivity contribution in [3.63, 3.8) is 0 Å². The van der Waals surface area contributed by atoms with Gasteiger partial charge >= 0.3 is 5.97 Å². The highest BCUT2D eigenvalue weighted by molar-refractivity contribution is 5.86. The van der Waals surface area contributed by atoms with Crippen LogP contribution in [0.2, 0.25) is 0 Å². The first-order valence-corrected chi connectivity index (χ1v) is 6.44. The number of nitrogens with zero attached hydrogens (tertiary/aromatic N) is 2. The lowest BCUT2D eigenvalue weighted by molar-refractivity contribution is 0.0593. The van der Waals surface area contributed by atoms with Gasteiger partial charge in [0.25, 0.3) is 0 Å². The van der Waals surface area contributed by atoms with Gasteiger partial charge in [0.15, 0.2) is 5.69 Å². The molecule has 2 rings (SSSR count). The van der Waals surface area contributed by atoms with Gasteiger partial charge in [-0.25, -0.2) is 14.8 Å². The Morgan fingerprint density at radius 1 is 1.33 bits per heavy atom. The summed E-state index contributed by atoms with van der Waals surface area (Å²) in [7, 11) is 1.33. The normalized spacial score (nSPS) is 16.3. The van der Waals surface area contributed by atoms with Crippen LogP contribution in [0, 0.1) is 5.92 Å². The number of anilines is 1. The van der Waals surface area contributed by atoms with Gasteiger partial charge < -0.3 is 10.1 Å². The quantitative estimate of drug-likeness (QED) is 0.829. The maximum atomic E-state index is 11.2. The molecule has 0 unspecified atom stereocenters. The fraction of sp³-hybridized carbons (Fsp3) is 0.615. The van der Waals surface area contributed by atoms with E-state index in [0.717, 1.165) is 12.5 Å². The molecule has 1 saturated carbocycles. The number of carbonyl (C=O) groups is 1. The van der Waals surface area contributed by atoms with Crippen molar-refractivity contribution < 1.29 is 9.53 Å². The van der Waals surface area contributed by atoms with Crippen molar-refractivity contribution in [3.8, 4) is 0 Å². The molecule has 5 nitrogen and oxygen atoms in total. The van der Waals surface area contributed by atoms with Crippen LogP contribution in [-0.4, -0.2) is 29.6 Å². The zero-order chi connectivity index (χ0) is 12.8. The molecule has 0 amide bonds. The average Bonchev–Trinajstić information content (AvgIpc) is 2.46. The smallest absolute Gasteiger partial charge is 0.358 e. The Bertz CT molecular complexity index is 386. The lowest BCUT2D eigenvalue weighted by Crippen LogP contribution is -2.18. The average molecular weight is 249 g/mol. The summed E-state index contributed by atoms with van der Waals surface area (Å²) in [4.78, 5) is 19.4. The molecule has 1 fully saturated rings. The zero-order valence-electron chi connectivity index (χ0n) is 10.7. The van der Waals surface area contributed by atoms with E-state index in [2.05, 4.69) is 20.0 Å². The number of carbonyl (C=O) groups excluding carboxylic acids is 1. The lowest BCUT2D eigenvalue weighted by Gasteiger charge is -2.21. The van der Waals surface area contributed by atoms with Crippen LogP contribution < -0.4 is 5.32 Å². The van der Waals surface area contributed by atoms with E-state index < -0.39 is 5.97 Å². The molecule has 0 saturated heterocycles. The molecule has 5 heteroatoms. The summed E-state index contributed by atoms with van der Waals surface area (Å²) >= 11 is 0. The molecule has 1 N–H and O–H groups in total. The number of hydrogen-bond acceptors (Lipinski definition) is 5. The molecular weight excluding hydrogens is 230 g/mol. The minimum Gasteiger partial charge on any atom is -0.464 e. The van der Waals surface area contributed by atoms with E-state index in [4.69, 9.17) is 0 Å². The molecule has 98 valence electrons. The van der Waals surface area contributed by atoms with E-state index in [1.807, 2.05) is 0 Å². The number of aromatic nitrogens is 2. The van der Waals surface area contributed by atoms with E-state index in [1.165, 1.54) is 45.4 Å². The van der Waals surface area contributed by atoms with Crippen LogP contribution in [0.5, 0.6) is 0 Å². The summed E-state index contributed by atoms with van der Waals surface area (Å²) in [5.41, 5.74) is 0.237. The van der Waals surface area contributed by atoms with Gasteiger partial charge in [-0.3, -0.25) is 0 Å². The molecule has 0 bridgehead atoms. The summed E-state index contributed by atoms with van der Waals surface area (Å²) in [6.45, 7) is 0.937. The Morgan fingerprint density at radius 2 is 2.11 bits per heavy atom. The fourth-order valence-corrected chi connectivity index (χ4v) is 2.27. The predicted octanol–water partition coefficient (Wildman–Crippen LogP) is 2.26. The van der Waals surface area contributed by atoms with E-state index >= 15 is 0 Å². The van der Waals surface area contributed by atoms with Crippen LogP contribution in [0.25, 0.3) is 0 Å². The minimum absolute atomic E-state index is 0.237. The van der Waals surface area contributed by atoms with Gasteiger partial charge in [-0.2, -0.15) is 0 Å². The molecule has 0 radical (unpaired) electrons. The molecule has 1 aliphatic carbocycles. The predicted molar refractivity (Wildman–Crippen MR) is 68.4 cm³/mol. The Labute approximate surface area is 107 Å². The first-order chi connectivity index (χ1) is 8.79. The maximum Gasteiger partial charge on any atom is 0.358 e. The van der Waals surface area contributed by atoms with Crippen molar-refractivity contribution in [2.45, 2.75) is 32.1 Å². The van der Waals surface area contributed by atoms with E-state index in [9.17, 15) is 4.79 Å². The van der Waals surface area contributed by atoms with Crippen LogP contribution in [0.4, 0.5) is 5.82 Å². The van der Waals surface area contributed by atoms with Crippen molar-refractivity contribution in [1.29, 1.82) is 0 Å². The molecule has 0 atom stereocenters. The van der Waals surface area contributed by atoms with Gasteiger partial charge in [0.2, 0.25) is 0 Å². The second-order valence-electron chi connectivity index (χ2n) is 4.66. The van der Waals surface area contributed by atoms with Gasteiger partial charge in [-0.05, 0) is 18.8 Å². The van der Waals surface area contributed by atoms with Gasteiger partial charge in [0.05, 0.1) is 19.5 Å². The molecular formula is C13H19N3O2. The minimum atomic E-state index is -0.457. The van der Waals surface area contributed by atoms with E-state index in [1.54, 1.807) is 6.20 Å². The van der Waals surface area contributed by atoms with Crippen LogP contribution in [0.3, 0.4) is 0 Å². The van der Waals surface area contributed by atoms with Crippen molar-refractivity contribution in [3.05, 3.63) is 18.1 Å². The van der Waals surface area contributed by atoms with Crippen LogP contribution >= 0.6 is 0 Å². The third-order valence-electron chi connectivity index (χ3n) is 3.34. The Balaban J connectivity index is 1.84. The molecule has 0 aliphatic heterocycles. The summed E-state index contributed by atoms with van der Waals surface area (Å²) in [6, 6.07) is 0. The molecule has 1 aromatic heterocycles. The standard InChI is InChI=1S/C13H19N3O2/c1-18-13(17)11-8-16-12(9-14-11)15-7-10-5-3-2-4-6-10/h8-10H,2-7H2,1H3,(H,15,16). The summed E-state index contributed by atoms with van der Waals surface area (Å²) in [6.07, 6.45) is 9.63. The summed E-state index contributed by atoms with van der Waals surface area (Å²) in [5.74, 6) is 0.996. The first-order valence-electron chi connectivity index (χ1n) is 6.44. The van der Waals surface area contributed by atoms with E-state index in [0.29, 0.717) is 5.82 Å². The SMILES string of the molecule is COC(=O)c1cnc(NCC2CCCCC2)cn1. The van der Waals surface area contributed by atoms with Gasteiger partial charge in [-0.1, -0.05) is 19.3 Å². The second kappa shape index (κ2) is 6.33. The zero-order valence-corrected chi connectivity index (χ0v) is 10.7. The molecule has 1 heterocycles. The van der Waals surface area contributed by atoms with Gasteiger partial charge in [-0.15, -0.1) is 0 Å². The van der Waals surface area contributed by atoms with Crippen molar-refractivity contribution in [2.24, 2.45) is 5.92 Å². The highest BCUT2D eigenvalue weighted by atomic mass is 16.5. The molecule has 0 aromatic carbocycles. The van der Waals surface area contributed by atoms with Crippen LogP contribution in [0.15, 0.2) is 12.4 Å². The molecule has 1 aliphatic rings. The number of ether oxygens (including phenoxy) is 1. The molecule has 0 spiro atoms.